The van der Waals surface area contributed by atoms with E-state index in [1.165, 1.54) is 11.3 Å². The maximum atomic E-state index is 12.6. The van der Waals surface area contributed by atoms with E-state index >= 15 is 0 Å². The van der Waals surface area contributed by atoms with Gasteiger partial charge in [0.05, 0.1) is 29.8 Å². The quantitative estimate of drug-likeness (QED) is 0.792. The summed E-state index contributed by atoms with van der Waals surface area (Å²) in [5, 5.41) is 0.997. The van der Waals surface area contributed by atoms with Gasteiger partial charge in [-0.05, 0) is 29.9 Å². The van der Waals surface area contributed by atoms with Crippen molar-refractivity contribution >= 4 is 27.9 Å². The van der Waals surface area contributed by atoms with Gasteiger partial charge in [0, 0.05) is 31.7 Å². The van der Waals surface area contributed by atoms with Gasteiger partial charge in [-0.25, -0.2) is 4.98 Å². The summed E-state index contributed by atoms with van der Waals surface area (Å²) >= 11 is 1.59. The number of hydrogen-bond acceptors (Lipinski definition) is 6. The summed E-state index contributed by atoms with van der Waals surface area (Å²) < 4.78 is 5.83. The summed E-state index contributed by atoms with van der Waals surface area (Å²) in [5.41, 5.74) is 3.80. The van der Waals surface area contributed by atoms with Crippen LogP contribution < -0.4 is 9.80 Å². The molecule has 0 N–H and O–H groups in total. The van der Waals surface area contributed by atoms with Crippen molar-refractivity contribution in [3.05, 3.63) is 40.4 Å². The van der Waals surface area contributed by atoms with E-state index in [4.69, 9.17) is 9.72 Å². The van der Waals surface area contributed by atoms with Crippen molar-refractivity contribution in [2.45, 2.75) is 39.2 Å². The fraction of sp³-hybridized carbons (Fsp3) is 0.545. The number of morpholine rings is 1. The zero-order valence-electron chi connectivity index (χ0n) is 16.6. The maximum Gasteiger partial charge on any atom is 0.186 e. The van der Waals surface area contributed by atoms with Gasteiger partial charge in [0.1, 0.15) is 0 Å². The van der Waals surface area contributed by atoms with Crippen LogP contribution in [0.5, 0.6) is 0 Å². The maximum absolute atomic E-state index is 12.6. The average Bonchev–Trinajstić information content (AvgIpc) is 3.26. The van der Waals surface area contributed by atoms with Gasteiger partial charge in [0.25, 0.3) is 0 Å². The van der Waals surface area contributed by atoms with Gasteiger partial charge in [-0.1, -0.05) is 43.4 Å². The molecule has 0 spiro atoms. The number of thiazole rings is 1. The number of anilines is 2. The Morgan fingerprint density at radius 2 is 2.11 bits per heavy atom. The lowest BCUT2D eigenvalue weighted by Gasteiger charge is -2.38. The molecule has 3 aliphatic rings. The van der Waals surface area contributed by atoms with E-state index in [1.807, 2.05) is 0 Å². The molecule has 0 radical (unpaired) electrons. The highest BCUT2D eigenvalue weighted by Gasteiger charge is 2.36. The number of benzene rings is 1. The largest absolute Gasteiger partial charge is 0.377 e. The first-order valence-corrected chi connectivity index (χ1v) is 11.0. The van der Waals surface area contributed by atoms with E-state index in [2.05, 4.69) is 47.9 Å². The number of ketones is 1. The molecule has 1 aromatic carbocycles. The number of ether oxygens (including phenoxy) is 1. The Labute approximate surface area is 170 Å². The predicted molar refractivity (Wildman–Crippen MR) is 113 cm³/mol. The van der Waals surface area contributed by atoms with Crippen molar-refractivity contribution < 1.29 is 9.53 Å². The standard InChI is InChI=1S/C22H27N3O2S/c1-22(2)11-17-20(19(26)12-22)28-21(23-17)25-9-10-27-14-16(25)13-24-8-7-15-5-3-4-6-18(15)24/h3-6,16H,7-14H2,1-2H3. The first-order valence-electron chi connectivity index (χ1n) is 10.2. The van der Waals surface area contributed by atoms with Crippen LogP contribution in [-0.4, -0.2) is 49.7 Å². The van der Waals surface area contributed by atoms with Gasteiger partial charge < -0.3 is 14.5 Å². The lowest BCUT2D eigenvalue weighted by Crippen LogP contribution is -2.51. The molecular weight excluding hydrogens is 370 g/mol. The number of aromatic nitrogens is 1. The van der Waals surface area contributed by atoms with Gasteiger partial charge in [0.15, 0.2) is 10.9 Å². The van der Waals surface area contributed by atoms with Gasteiger partial charge in [0.2, 0.25) is 0 Å². The molecule has 1 aromatic heterocycles. The molecule has 1 fully saturated rings. The fourth-order valence-electron chi connectivity index (χ4n) is 4.74. The van der Waals surface area contributed by atoms with Crippen LogP contribution in [-0.2, 0) is 17.6 Å². The van der Waals surface area contributed by atoms with Crippen LogP contribution in [0.1, 0.15) is 41.2 Å². The summed E-state index contributed by atoms with van der Waals surface area (Å²) in [5.74, 6) is 0.258. The monoisotopic (exact) mass is 397 g/mol. The third-order valence-corrected chi connectivity index (χ3v) is 7.29. The number of carbonyl (C=O) groups excluding carboxylic acids is 1. The van der Waals surface area contributed by atoms with Crippen LogP contribution in [0.2, 0.25) is 0 Å². The Morgan fingerprint density at radius 1 is 1.25 bits per heavy atom. The summed E-state index contributed by atoms with van der Waals surface area (Å²) in [6, 6.07) is 8.95. The molecule has 0 saturated carbocycles. The van der Waals surface area contributed by atoms with E-state index < -0.39 is 0 Å². The third-order valence-electron chi connectivity index (χ3n) is 6.11. The number of Topliss-reactive ketones (excluding diaryl/α,β-unsaturated/α-hetero) is 1. The number of carbonyl (C=O) groups is 1. The summed E-state index contributed by atoms with van der Waals surface area (Å²) in [4.78, 5) is 23.3. The number of hydrogen-bond donors (Lipinski definition) is 0. The molecule has 0 amide bonds. The molecule has 1 saturated heterocycles. The predicted octanol–water partition coefficient (Wildman–Crippen LogP) is 3.57. The number of fused-ring (bicyclic) bond motifs is 2. The Hall–Kier alpha value is -1.92. The zero-order valence-corrected chi connectivity index (χ0v) is 17.4. The van der Waals surface area contributed by atoms with Crippen LogP contribution in [0.25, 0.3) is 0 Å². The molecule has 1 unspecified atom stereocenters. The summed E-state index contributed by atoms with van der Waals surface area (Å²) in [6.07, 6.45) is 2.62. The molecule has 1 atom stereocenters. The lowest BCUT2D eigenvalue weighted by molar-refractivity contribution is 0.0915. The van der Waals surface area contributed by atoms with Crippen LogP contribution >= 0.6 is 11.3 Å². The molecular formula is C22H27N3O2S. The zero-order chi connectivity index (χ0) is 19.3. The van der Waals surface area contributed by atoms with E-state index in [0.29, 0.717) is 13.0 Å². The smallest absolute Gasteiger partial charge is 0.186 e. The second-order valence-corrected chi connectivity index (χ2v) is 9.94. The molecule has 148 valence electrons. The van der Waals surface area contributed by atoms with Crippen molar-refractivity contribution in [2.24, 2.45) is 5.41 Å². The van der Waals surface area contributed by atoms with Crippen LogP contribution in [0.15, 0.2) is 24.3 Å². The Kier molecular flexibility index (Phi) is 4.43. The van der Waals surface area contributed by atoms with Crippen molar-refractivity contribution in [3.8, 4) is 0 Å². The molecule has 2 aromatic rings. The lowest BCUT2D eigenvalue weighted by atomic mass is 9.78. The SMILES string of the molecule is CC1(C)CC(=O)c2sc(N3CCOCC3CN3CCc4ccccc43)nc2C1. The fourth-order valence-corrected chi connectivity index (χ4v) is 5.86. The third kappa shape index (κ3) is 3.22. The molecule has 3 heterocycles. The number of para-hydroxylation sites is 1. The summed E-state index contributed by atoms with van der Waals surface area (Å²) in [6.45, 7) is 8.58. The van der Waals surface area contributed by atoms with Crippen LogP contribution in [0.3, 0.4) is 0 Å². The van der Waals surface area contributed by atoms with Gasteiger partial charge in [-0.2, -0.15) is 0 Å². The normalized spacial score (nSPS) is 23.6. The highest BCUT2D eigenvalue weighted by molar-refractivity contribution is 7.17. The van der Waals surface area contributed by atoms with Crippen LogP contribution in [0, 0.1) is 5.41 Å². The van der Waals surface area contributed by atoms with Gasteiger partial charge in [-0.15, -0.1) is 0 Å². The molecule has 5 nitrogen and oxygen atoms in total. The topological polar surface area (TPSA) is 45.7 Å². The minimum absolute atomic E-state index is 0.0130. The minimum Gasteiger partial charge on any atom is -0.377 e. The first kappa shape index (κ1) is 18.1. The van der Waals surface area contributed by atoms with Crippen molar-refractivity contribution in [2.75, 3.05) is 42.6 Å². The van der Waals surface area contributed by atoms with E-state index in [0.717, 1.165) is 54.8 Å². The first-order chi connectivity index (χ1) is 13.5. The second-order valence-electron chi connectivity index (χ2n) is 8.96. The van der Waals surface area contributed by atoms with E-state index in [9.17, 15) is 4.79 Å². The highest BCUT2D eigenvalue weighted by atomic mass is 32.1. The Morgan fingerprint density at radius 3 is 3.00 bits per heavy atom. The van der Waals surface area contributed by atoms with E-state index in [1.54, 1.807) is 11.3 Å². The van der Waals surface area contributed by atoms with Crippen molar-refractivity contribution in [1.82, 2.24) is 4.98 Å². The molecule has 28 heavy (non-hydrogen) atoms. The van der Waals surface area contributed by atoms with Crippen molar-refractivity contribution in [3.63, 3.8) is 0 Å². The minimum atomic E-state index is 0.0130. The summed E-state index contributed by atoms with van der Waals surface area (Å²) in [7, 11) is 0. The van der Waals surface area contributed by atoms with Crippen molar-refractivity contribution in [1.29, 1.82) is 0 Å². The average molecular weight is 398 g/mol. The number of rotatable bonds is 3. The Bertz CT molecular complexity index is 907. The van der Waals surface area contributed by atoms with Gasteiger partial charge in [-0.3, -0.25) is 4.79 Å². The molecule has 2 aliphatic heterocycles. The van der Waals surface area contributed by atoms with Crippen LogP contribution in [0.4, 0.5) is 10.8 Å². The molecule has 1 aliphatic carbocycles. The molecule has 0 bridgehead atoms. The second kappa shape index (κ2) is 6.85. The molecule has 6 heteroatoms. The highest BCUT2D eigenvalue weighted by Crippen LogP contribution is 2.40. The number of nitrogens with zero attached hydrogens (tertiary/aromatic N) is 3. The van der Waals surface area contributed by atoms with E-state index in [-0.39, 0.29) is 17.2 Å². The molecule has 5 rings (SSSR count). The van der Waals surface area contributed by atoms with Gasteiger partial charge >= 0.3 is 0 Å². The Balaban J connectivity index is 1.40.